The molecule has 166 valence electrons. The second-order valence-corrected chi connectivity index (χ2v) is 8.92. The van der Waals surface area contributed by atoms with E-state index in [1.807, 2.05) is 78.9 Å². The molecule has 0 bridgehead atoms. The molecular weight excluding hydrogens is 440 g/mol. The molecule has 0 heterocycles. The molecule has 0 fully saturated rings. The predicted octanol–water partition coefficient (Wildman–Crippen LogP) is 5.21. The second-order valence-electron chi connectivity index (χ2n) is 7.34. The van der Waals surface area contributed by atoms with Crippen LogP contribution in [0.1, 0.15) is 17.5 Å². The highest BCUT2D eigenvalue weighted by Gasteiger charge is 2.29. The van der Waals surface area contributed by atoms with E-state index in [9.17, 15) is 9.59 Å². The van der Waals surface area contributed by atoms with E-state index < -0.39 is 6.04 Å². The molecule has 3 rings (SSSR count). The van der Waals surface area contributed by atoms with Gasteiger partial charge < -0.3 is 10.2 Å². The second kappa shape index (κ2) is 12.3. The van der Waals surface area contributed by atoms with Gasteiger partial charge in [-0.1, -0.05) is 78.3 Å². The first-order valence-electron chi connectivity index (χ1n) is 10.5. The minimum atomic E-state index is -0.632. The maximum atomic E-state index is 13.4. The summed E-state index contributed by atoms with van der Waals surface area (Å²) in [5.74, 6) is 0.371. The summed E-state index contributed by atoms with van der Waals surface area (Å²) in [6, 6.07) is 26.6. The Morgan fingerprint density at radius 3 is 2.22 bits per heavy atom. The van der Waals surface area contributed by atoms with Crippen LogP contribution in [0.5, 0.6) is 0 Å². The highest BCUT2D eigenvalue weighted by atomic mass is 35.5. The zero-order valence-corrected chi connectivity index (χ0v) is 19.6. The lowest BCUT2D eigenvalue weighted by atomic mass is 10.0. The number of nitrogens with zero attached hydrogens (tertiary/aromatic N) is 1. The minimum Gasteiger partial charge on any atom is -0.357 e. The smallest absolute Gasteiger partial charge is 0.242 e. The first-order valence-corrected chi connectivity index (χ1v) is 11.9. The normalized spacial score (nSPS) is 11.6. The van der Waals surface area contributed by atoms with Crippen molar-refractivity contribution in [1.82, 2.24) is 10.2 Å². The molecule has 0 radical (unpaired) electrons. The molecule has 1 atom stereocenters. The zero-order valence-electron chi connectivity index (χ0n) is 18.0. The summed E-state index contributed by atoms with van der Waals surface area (Å²) in [7, 11) is 1.60. The maximum absolute atomic E-state index is 13.4. The summed E-state index contributed by atoms with van der Waals surface area (Å²) in [4.78, 5) is 29.1. The molecule has 0 aliphatic heterocycles. The monoisotopic (exact) mass is 466 g/mol. The van der Waals surface area contributed by atoms with Gasteiger partial charge in [0.25, 0.3) is 0 Å². The summed E-state index contributed by atoms with van der Waals surface area (Å²) in [5.41, 5.74) is 1.82. The van der Waals surface area contributed by atoms with Crippen LogP contribution in [0.4, 0.5) is 0 Å². The summed E-state index contributed by atoms with van der Waals surface area (Å²) in [6.45, 7) is 0.277. The number of benzene rings is 3. The van der Waals surface area contributed by atoms with Gasteiger partial charge in [0.05, 0.1) is 0 Å². The van der Waals surface area contributed by atoms with Crippen molar-refractivity contribution < 1.29 is 9.59 Å². The molecule has 2 amide bonds. The van der Waals surface area contributed by atoms with Crippen LogP contribution in [0.3, 0.4) is 0 Å². The van der Waals surface area contributed by atoms with E-state index in [0.29, 0.717) is 23.6 Å². The maximum Gasteiger partial charge on any atom is 0.242 e. The molecule has 1 unspecified atom stereocenters. The van der Waals surface area contributed by atoms with Crippen LogP contribution in [0.15, 0.2) is 89.8 Å². The number of amides is 2. The Morgan fingerprint density at radius 1 is 0.938 bits per heavy atom. The molecule has 0 spiro atoms. The standard InChI is InChI=1S/C26H27ClN2O2S/c1-28-26(31)24(18-20-10-4-2-5-11-20)29(19-21-12-8-9-15-23(21)27)25(30)16-17-32-22-13-6-3-7-14-22/h2-15,24H,16-19H2,1H3,(H,28,31). The first-order chi connectivity index (χ1) is 15.6. The van der Waals surface area contributed by atoms with Crippen molar-refractivity contribution in [3.05, 3.63) is 101 Å². The number of hydrogen-bond acceptors (Lipinski definition) is 3. The zero-order chi connectivity index (χ0) is 22.8. The highest BCUT2D eigenvalue weighted by Crippen LogP contribution is 2.23. The van der Waals surface area contributed by atoms with Crippen molar-refractivity contribution in [1.29, 1.82) is 0 Å². The Bertz CT molecular complexity index is 1010. The Balaban J connectivity index is 1.82. The average molecular weight is 467 g/mol. The van der Waals surface area contributed by atoms with E-state index in [4.69, 9.17) is 11.6 Å². The highest BCUT2D eigenvalue weighted by molar-refractivity contribution is 7.99. The van der Waals surface area contributed by atoms with Gasteiger partial charge in [0.1, 0.15) is 6.04 Å². The molecule has 0 saturated heterocycles. The van der Waals surface area contributed by atoms with Gasteiger partial charge >= 0.3 is 0 Å². The van der Waals surface area contributed by atoms with Gasteiger partial charge in [-0.3, -0.25) is 9.59 Å². The Labute approximate surface area is 199 Å². The lowest BCUT2D eigenvalue weighted by Gasteiger charge is -2.31. The fourth-order valence-electron chi connectivity index (χ4n) is 3.45. The molecule has 3 aromatic rings. The summed E-state index contributed by atoms with van der Waals surface area (Å²) < 4.78 is 0. The average Bonchev–Trinajstić information content (AvgIpc) is 2.83. The molecule has 0 aliphatic rings. The number of likely N-dealkylation sites (N-methyl/N-ethyl adjacent to an activating group) is 1. The number of carbonyl (C=O) groups is 2. The van der Waals surface area contributed by atoms with Gasteiger partial charge in [-0.2, -0.15) is 0 Å². The summed E-state index contributed by atoms with van der Waals surface area (Å²) in [5, 5.41) is 3.31. The Hall–Kier alpha value is -2.76. The molecule has 32 heavy (non-hydrogen) atoms. The number of rotatable bonds is 10. The van der Waals surface area contributed by atoms with Crippen molar-refractivity contribution in [3.8, 4) is 0 Å². The Morgan fingerprint density at radius 2 is 1.56 bits per heavy atom. The summed E-state index contributed by atoms with van der Waals surface area (Å²) >= 11 is 8.02. The van der Waals surface area contributed by atoms with Crippen LogP contribution < -0.4 is 5.32 Å². The van der Waals surface area contributed by atoms with Crippen molar-refractivity contribution in [3.63, 3.8) is 0 Å². The van der Waals surface area contributed by atoms with Crippen molar-refractivity contribution in [2.24, 2.45) is 0 Å². The number of nitrogens with one attached hydrogen (secondary N) is 1. The van der Waals surface area contributed by atoms with E-state index >= 15 is 0 Å². The predicted molar refractivity (Wildman–Crippen MR) is 132 cm³/mol. The van der Waals surface area contributed by atoms with Crippen LogP contribution in [-0.4, -0.2) is 35.6 Å². The molecular formula is C26H27ClN2O2S. The van der Waals surface area contributed by atoms with Crippen LogP contribution in [0.25, 0.3) is 0 Å². The molecule has 0 aromatic heterocycles. The lowest BCUT2D eigenvalue weighted by Crippen LogP contribution is -2.49. The third-order valence-corrected chi connectivity index (χ3v) is 6.53. The van der Waals surface area contributed by atoms with Crippen LogP contribution >= 0.6 is 23.4 Å². The summed E-state index contributed by atoms with van der Waals surface area (Å²) in [6.07, 6.45) is 0.759. The van der Waals surface area contributed by atoms with Crippen molar-refractivity contribution in [2.75, 3.05) is 12.8 Å². The SMILES string of the molecule is CNC(=O)C(Cc1ccccc1)N(Cc1ccccc1Cl)C(=O)CCSc1ccccc1. The van der Waals surface area contributed by atoms with E-state index in [1.165, 1.54) is 0 Å². The van der Waals surface area contributed by atoms with Gasteiger partial charge in [-0.15, -0.1) is 11.8 Å². The first kappa shape index (κ1) is 23.9. The molecule has 0 aliphatic carbocycles. The van der Waals surface area contributed by atoms with Gasteiger partial charge in [0, 0.05) is 42.1 Å². The molecule has 3 aromatic carbocycles. The fraction of sp³-hybridized carbons (Fsp3) is 0.231. The molecule has 4 nitrogen and oxygen atoms in total. The van der Waals surface area contributed by atoms with E-state index in [-0.39, 0.29) is 18.4 Å². The van der Waals surface area contributed by atoms with Gasteiger partial charge in [0.2, 0.25) is 11.8 Å². The lowest BCUT2D eigenvalue weighted by molar-refractivity contribution is -0.140. The van der Waals surface area contributed by atoms with Gasteiger partial charge in [0.15, 0.2) is 0 Å². The fourth-order valence-corrected chi connectivity index (χ4v) is 4.50. The molecule has 0 saturated carbocycles. The minimum absolute atomic E-state index is 0.0714. The largest absolute Gasteiger partial charge is 0.357 e. The topological polar surface area (TPSA) is 49.4 Å². The third-order valence-electron chi connectivity index (χ3n) is 5.14. The van der Waals surface area contributed by atoms with E-state index in [0.717, 1.165) is 16.0 Å². The van der Waals surface area contributed by atoms with E-state index in [2.05, 4.69) is 5.32 Å². The molecule has 1 N–H and O–H groups in total. The van der Waals surface area contributed by atoms with Gasteiger partial charge in [-0.25, -0.2) is 0 Å². The number of halogens is 1. The van der Waals surface area contributed by atoms with E-state index in [1.54, 1.807) is 29.8 Å². The number of carbonyl (C=O) groups excluding carboxylic acids is 2. The number of thioether (sulfide) groups is 1. The quantitative estimate of drug-likeness (QED) is 0.417. The van der Waals surface area contributed by atoms with Crippen LogP contribution in [-0.2, 0) is 22.6 Å². The Kier molecular flexibility index (Phi) is 9.20. The number of hydrogen-bond donors (Lipinski definition) is 1. The van der Waals surface area contributed by atoms with Crippen molar-refractivity contribution in [2.45, 2.75) is 30.3 Å². The van der Waals surface area contributed by atoms with Crippen LogP contribution in [0.2, 0.25) is 5.02 Å². The molecule has 6 heteroatoms. The van der Waals surface area contributed by atoms with Crippen LogP contribution in [0, 0.1) is 0 Å². The van der Waals surface area contributed by atoms with Gasteiger partial charge in [-0.05, 0) is 29.3 Å². The third kappa shape index (κ3) is 6.87. The van der Waals surface area contributed by atoms with Crippen molar-refractivity contribution >= 4 is 35.2 Å².